The fourth-order valence-electron chi connectivity index (χ4n) is 3.44. The molecule has 150 valence electrons. The number of nitrogens with zero attached hydrogens (tertiary/aromatic N) is 2. The number of fused-ring (bicyclic) bond motifs is 1. The largest absolute Gasteiger partial charge is 0.503 e. The van der Waals surface area contributed by atoms with Gasteiger partial charge in [-0.3, -0.25) is 0 Å². The standard InChI is InChI=1S/C22H22BrN3O2S/c1-4-28-19-11-14(10-16(23)20(19)27)9-15(22-24-13(2)12-29-22)21-25-17-7-5-6-8-18(17)26(21)3/h5-12,21,25,27H,4H2,1-3H3/b15-9-. The zero-order chi connectivity index (χ0) is 20.5. The van der Waals surface area contributed by atoms with E-state index in [0.717, 1.165) is 33.2 Å². The number of aryl methyl sites for hydroxylation is 1. The maximum Gasteiger partial charge on any atom is 0.172 e. The molecule has 2 heterocycles. The number of nitrogens with one attached hydrogen (secondary N) is 1. The van der Waals surface area contributed by atoms with E-state index in [-0.39, 0.29) is 11.9 Å². The van der Waals surface area contributed by atoms with Crippen molar-refractivity contribution in [3.05, 3.63) is 62.5 Å². The molecule has 7 heteroatoms. The van der Waals surface area contributed by atoms with Crippen molar-refractivity contribution < 1.29 is 9.84 Å². The van der Waals surface area contributed by atoms with Gasteiger partial charge in [-0.05, 0) is 65.7 Å². The van der Waals surface area contributed by atoms with Gasteiger partial charge in [-0.15, -0.1) is 11.3 Å². The van der Waals surface area contributed by atoms with Gasteiger partial charge in [0.05, 0.1) is 22.5 Å². The van der Waals surface area contributed by atoms with E-state index in [1.807, 2.05) is 38.1 Å². The SMILES string of the molecule is CCOc1cc(/C=C(\c2nc(C)cs2)C2Nc3ccccc3N2C)cc(Br)c1O. The second kappa shape index (κ2) is 8.08. The Hall–Kier alpha value is -2.51. The highest BCUT2D eigenvalue weighted by atomic mass is 79.9. The molecule has 3 aromatic rings. The van der Waals surface area contributed by atoms with Crippen molar-refractivity contribution in [2.45, 2.75) is 20.0 Å². The van der Waals surface area contributed by atoms with E-state index in [9.17, 15) is 5.11 Å². The Morgan fingerprint density at radius 2 is 2.17 bits per heavy atom. The number of rotatable bonds is 5. The minimum absolute atomic E-state index is 0.0546. The predicted molar refractivity (Wildman–Crippen MR) is 124 cm³/mol. The van der Waals surface area contributed by atoms with Crippen LogP contribution in [0.5, 0.6) is 11.5 Å². The number of halogens is 1. The first kappa shape index (κ1) is 19.8. The number of phenolic OH excluding ortho intramolecular Hbond substituents is 1. The lowest BCUT2D eigenvalue weighted by molar-refractivity contribution is 0.317. The van der Waals surface area contributed by atoms with Crippen LogP contribution >= 0.6 is 27.3 Å². The number of hydrogen-bond donors (Lipinski definition) is 2. The van der Waals surface area contributed by atoms with Crippen molar-refractivity contribution in [2.75, 3.05) is 23.9 Å². The Bertz CT molecular complexity index is 1080. The van der Waals surface area contributed by atoms with Crippen molar-refractivity contribution in [3.8, 4) is 11.5 Å². The van der Waals surface area contributed by atoms with E-state index in [0.29, 0.717) is 16.8 Å². The first-order valence-corrected chi connectivity index (χ1v) is 11.0. The number of para-hydroxylation sites is 2. The maximum atomic E-state index is 10.3. The first-order chi connectivity index (χ1) is 14.0. The summed E-state index contributed by atoms with van der Waals surface area (Å²) in [6.07, 6.45) is 2.05. The zero-order valence-corrected chi connectivity index (χ0v) is 18.8. The molecule has 1 aliphatic heterocycles. The third-order valence-corrected chi connectivity index (χ3v) is 6.41. The number of phenols is 1. The molecule has 1 unspecified atom stereocenters. The first-order valence-electron chi connectivity index (χ1n) is 9.35. The molecule has 1 aromatic heterocycles. The van der Waals surface area contributed by atoms with E-state index >= 15 is 0 Å². The second-order valence-electron chi connectivity index (χ2n) is 6.85. The van der Waals surface area contributed by atoms with Crippen molar-refractivity contribution in [1.82, 2.24) is 4.98 Å². The fraction of sp³-hybridized carbons (Fsp3) is 0.227. The lowest BCUT2D eigenvalue weighted by Gasteiger charge is -2.24. The minimum atomic E-state index is -0.0546. The smallest absolute Gasteiger partial charge is 0.172 e. The number of anilines is 2. The molecule has 4 rings (SSSR count). The molecule has 0 spiro atoms. The van der Waals surface area contributed by atoms with Gasteiger partial charge in [-0.2, -0.15) is 0 Å². The van der Waals surface area contributed by atoms with Crippen LogP contribution in [0.3, 0.4) is 0 Å². The molecular weight excluding hydrogens is 450 g/mol. The quantitative estimate of drug-likeness (QED) is 0.496. The van der Waals surface area contributed by atoms with Gasteiger partial charge >= 0.3 is 0 Å². The Kier molecular flexibility index (Phi) is 5.52. The van der Waals surface area contributed by atoms with Gasteiger partial charge in [0.1, 0.15) is 11.2 Å². The van der Waals surface area contributed by atoms with Crippen molar-refractivity contribution >= 4 is 50.3 Å². The Labute approximate surface area is 182 Å². The number of hydrogen-bond acceptors (Lipinski definition) is 6. The zero-order valence-electron chi connectivity index (χ0n) is 16.4. The van der Waals surface area contributed by atoms with Gasteiger partial charge in [0, 0.05) is 23.7 Å². The summed E-state index contributed by atoms with van der Waals surface area (Å²) < 4.78 is 6.20. The summed E-state index contributed by atoms with van der Waals surface area (Å²) >= 11 is 5.07. The third kappa shape index (κ3) is 3.84. The predicted octanol–water partition coefficient (Wildman–Crippen LogP) is 5.75. The highest BCUT2D eigenvalue weighted by Gasteiger charge is 2.30. The van der Waals surface area contributed by atoms with Crippen LogP contribution in [0, 0.1) is 6.92 Å². The number of thiazole rings is 1. The molecule has 1 aliphatic rings. The Morgan fingerprint density at radius 1 is 1.38 bits per heavy atom. The van der Waals surface area contributed by atoms with Crippen LogP contribution in [0.2, 0.25) is 0 Å². The van der Waals surface area contributed by atoms with Crippen molar-refractivity contribution in [3.63, 3.8) is 0 Å². The summed E-state index contributed by atoms with van der Waals surface area (Å²) in [5.41, 5.74) is 5.23. The topological polar surface area (TPSA) is 57.6 Å². The molecule has 0 saturated heterocycles. The second-order valence-corrected chi connectivity index (χ2v) is 8.56. The van der Waals surface area contributed by atoms with Crippen LogP contribution in [0.1, 0.15) is 23.2 Å². The molecule has 0 amide bonds. The number of ether oxygens (including phenoxy) is 1. The summed E-state index contributed by atoms with van der Waals surface area (Å²) in [6.45, 7) is 4.38. The molecule has 1 atom stereocenters. The average Bonchev–Trinajstić information content (AvgIpc) is 3.28. The summed E-state index contributed by atoms with van der Waals surface area (Å²) in [6, 6.07) is 12.0. The molecule has 2 N–H and O–H groups in total. The third-order valence-electron chi connectivity index (χ3n) is 4.80. The van der Waals surface area contributed by atoms with Gasteiger partial charge in [0.15, 0.2) is 11.5 Å². The number of likely N-dealkylation sites (N-methyl/N-ethyl adjacent to an activating group) is 1. The van der Waals surface area contributed by atoms with Gasteiger partial charge in [0.25, 0.3) is 0 Å². The molecule has 0 saturated carbocycles. The minimum Gasteiger partial charge on any atom is -0.503 e. The van der Waals surface area contributed by atoms with Crippen LogP contribution in [0.4, 0.5) is 11.4 Å². The fourth-order valence-corrected chi connectivity index (χ4v) is 4.74. The van der Waals surface area contributed by atoms with Gasteiger partial charge in [0.2, 0.25) is 0 Å². The molecule has 29 heavy (non-hydrogen) atoms. The normalized spacial score (nSPS) is 15.9. The van der Waals surface area contributed by atoms with E-state index in [2.05, 4.69) is 56.8 Å². The molecule has 0 bridgehead atoms. The van der Waals surface area contributed by atoms with Crippen LogP contribution in [0.25, 0.3) is 11.6 Å². The van der Waals surface area contributed by atoms with Gasteiger partial charge in [-0.25, -0.2) is 4.98 Å². The summed E-state index contributed by atoms with van der Waals surface area (Å²) in [4.78, 5) is 6.96. The number of benzene rings is 2. The lowest BCUT2D eigenvalue weighted by Crippen LogP contribution is -2.33. The molecule has 0 radical (unpaired) electrons. The molecule has 0 aliphatic carbocycles. The monoisotopic (exact) mass is 471 g/mol. The van der Waals surface area contributed by atoms with Crippen LogP contribution in [-0.4, -0.2) is 29.9 Å². The number of aromatic hydroxyl groups is 1. The molecule has 2 aromatic carbocycles. The van der Waals surface area contributed by atoms with Gasteiger partial charge in [-0.1, -0.05) is 12.1 Å². The van der Waals surface area contributed by atoms with E-state index in [1.54, 1.807) is 11.3 Å². The van der Waals surface area contributed by atoms with E-state index in [1.165, 1.54) is 0 Å². The Balaban J connectivity index is 1.81. The van der Waals surface area contributed by atoms with Crippen LogP contribution in [-0.2, 0) is 0 Å². The highest BCUT2D eigenvalue weighted by Crippen LogP contribution is 2.41. The maximum absolute atomic E-state index is 10.3. The summed E-state index contributed by atoms with van der Waals surface area (Å²) in [5.74, 6) is 0.568. The summed E-state index contributed by atoms with van der Waals surface area (Å²) in [7, 11) is 2.08. The van der Waals surface area contributed by atoms with Crippen LogP contribution < -0.4 is 15.0 Å². The summed E-state index contributed by atoms with van der Waals surface area (Å²) in [5, 5.41) is 16.9. The molecule has 0 fully saturated rings. The van der Waals surface area contributed by atoms with Crippen LogP contribution in [0.15, 0.2) is 46.3 Å². The van der Waals surface area contributed by atoms with E-state index in [4.69, 9.17) is 9.72 Å². The molecular formula is C22H22BrN3O2S. The van der Waals surface area contributed by atoms with Crippen molar-refractivity contribution in [2.24, 2.45) is 0 Å². The van der Waals surface area contributed by atoms with E-state index < -0.39 is 0 Å². The lowest BCUT2D eigenvalue weighted by atomic mass is 10.1. The van der Waals surface area contributed by atoms with Crippen molar-refractivity contribution in [1.29, 1.82) is 0 Å². The Morgan fingerprint density at radius 3 is 2.86 bits per heavy atom. The highest BCUT2D eigenvalue weighted by molar-refractivity contribution is 9.10. The molecule has 5 nitrogen and oxygen atoms in total. The van der Waals surface area contributed by atoms with Gasteiger partial charge < -0.3 is 20.1 Å². The number of aromatic nitrogens is 1. The average molecular weight is 472 g/mol.